The van der Waals surface area contributed by atoms with Crippen molar-refractivity contribution in [2.24, 2.45) is 0 Å². The number of halogens is 2. The van der Waals surface area contributed by atoms with Gasteiger partial charge in [0.15, 0.2) is 0 Å². The molecule has 0 bridgehead atoms. The Morgan fingerprint density at radius 2 is 1.57 bits per heavy atom. The number of hydrogen-bond acceptors (Lipinski definition) is 8. The Kier molecular flexibility index (Phi) is 9.81. The van der Waals surface area contributed by atoms with E-state index in [2.05, 4.69) is 20.9 Å². The summed E-state index contributed by atoms with van der Waals surface area (Å²) in [7, 11) is 0. The predicted octanol–water partition coefficient (Wildman–Crippen LogP) is 5.21. The van der Waals surface area contributed by atoms with Crippen LogP contribution in [0.1, 0.15) is 33.9 Å². The number of aliphatic carboxylic acids is 1. The van der Waals surface area contributed by atoms with Crippen molar-refractivity contribution >= 4 is 63.9 Å². The SMILES string of the molecule is O=C(O)C[C@H](Nc1c(NCCSCc2ccccc2)c(=O)c1=O)c1ccc(NC(=O)c2c(Cl)cncc2Cl)cc1. The zero-order chi connectivity index (χ0) is 28.6. The first kappa shape index (κ1) is 29.1. The number of benzene rings is 2. The molecule has 0 spiro atoms. The van der Waals surface area contributed by atoms with E-state index in [1.54, 1.807) is 36.0 Å². The summed E-state index contributed by atoms with van der Waals surface area (Å²) in [5, 5.41) is 18.3. The predicted molar refractivity (Wildman–Crippen MR) is 160 cm³/mol. The monoisotopic (exact) mass is 598 g/mol. The van der Waals surface area contributed by atoms with Crippen molar-refractivity contribution in [2.75, 3.05) is 28.2 Å². The summed E-state index contributed by atoms with van der Waals surface area (Å²) in [6, 6.07) is 15.6. The van der Waals surface area contributed by atoms with E-state index in [9.17, 15) is 24.3 Å². The van der Waals surface area contributed by atoms with Crippen molar-refractivity contribution in [3.05, 3.63) is 114 Å². The Morgan fingerprint density at radius 1 is 0.925 bits per heavy atom. The van der Waals surface area contributed by atoms with Crippen LogP contribution in [0.5, 0.6) is 0 Å². The molecule has 12 heteroatoms. The van der Waals surface area contributed by atoms with E-state index >= 15 is 0 Å². The summed E-state index contributed by atoms with van der Waals surface area (Å²) >= 11 is 13.8. The molecule has 0 unspecified atom stereocenters. The second kappa shape index (κ2) is 13.5. The fourth-order valence-corrected chi connectivity index (χ4v) is 5.29. The summed E-state index contributed by atoms with van der Waals surface area (Å²) in [6.45, 7) is 0.459. The number of anilines is 3. The lowest BCUT2D eigenvalue weighted by atomic mass is 10.0. The summed E-state index contributed by atoms with van der Waals surface area (Å²) in [4.78, 5) is 52.6. The highest BCUT2D eigenvalue weighted by atomic mass is 35.5. The van der Waals surface area contributed by atoms with E-state index in [1.807, 2.05) is 30.3 Å². The van der Waals surface area contributed by atoms with Gasteiger partial charge in [0, 0.05) is 36.1 Å². The van der Waals surface area contributed by atoms with E-state index in [-0.39, 0.29) is 33.4 Å². The maximum absolute atomic E-state index is 12.6. The van der Waals surface area contributed by atoms with Crippen molar-refractivity contribution in [1.82, 2.24) is 4.98 Å². The summed E-state index contributed by atoms with van der Waals surface area (Å²) in [5.74, 6) is -0.109. The molecule has 4 N–H and O–H groups in total. The van der Waals surface area contributed by atoms with Gasteiger partial charge in [-0.3, -0.25) is 24.2 Å². The number of carbonyl (C=O) groups excluding carboxylic acids is 1. The van der Waals surface area contributed by atoms with Crippen molar-refractivity contribution in [2.45, 2.75) is 18.2 Å². The second-order valence-corrected chi connectivity index (χ2v) is 10.6. The van der Waals surface area contributed by atoms with Gasteiger partial charge in [-0.25, -0.2) is 0 Å². The number of hydrogen-bond donors (Lipinski definition) is 4. The average molecular weight is 599 g/mol. The largest absolute Gasteiger partial charge is 0.481 e. The lowest BCUT2D eigenvalue weighted by Gasteiger charge is -2.22. The van der Waals surface area contributed by atoms with E-state index in [0.717, 1.165) is 5.75 Å². The molecule has 1 heterocycles. The van der Waals surface area contributed by atoms with Crippen LogP contribution >= 0.6 is 35.0 Å². The molecular weight excluding hydrogens is 575 g/mol. The Balaban J connectivity index is 1.40. The fourth-order valence-electron chi connectivity index (χ4n) is 3.93. The molecule has 0 aliphatic heterocycles. The topological polar surface area (TPSA) is 137 Å². The van der Waals surface area contributed by atoms with Crippen LogP contribution in [-0.4, -0.2) is 34.3 Å². The maximum Gasteiger partial charge on any atom is 0.305 e. The normalized spacial score (nSPS) is 11.7. The molecule has 40 heavy (non-hydrogen) atoms. The summed E-state index contributed by atoms with van der Waals surface area (Å²) < 4.78 is 0. The van der Waals surface area contributed by atoms with E-state index in [1.165, 1.54) is 18.0 Å². The number of aromatic nitrogens is 1. The number of nitrogens with one attached hydrogen (secondary N) is 3. The van der Waals surface area contributed by atoms with E-state index in [4.69, 9.17) is 23.2 Å². The smallest absolute Gasteiger partial charge is 0.305 e. The van der Waals surface area contributed by atoms with Crippen molar-refractivity contribution in [3.8, 4) is 0 Å². The third-order valence-electron chi connectivity index (χ3n) is 5.92. The Bertz CT molecular complexity index is 1550. The number of nitrogens with zero attached hydrogens (tertiary/aromatic N) is 1. The highest BCUT2D eigenvalue weighted by Crippen LogP contribution is 2.28. The van der Waals surface area contributed by atoms with Gasteiger partial charge in [0.25, 0.3) is 16.8 Å². The lowest BCUT2D eigenvalue weighted by Crippen LogP contribution is -2.38. The number of carboxylic acid groups (broad SMARTS) is 1. The van der Waals surface area contributed by atoms with Gasteiger partial charge >= 0.3 is 5.97 Å². The second-order valence-electron chi connectivity index (χ2n) is 8.72. The van der Waals surface area contributed by atoms with Gasteiger partial charge in [-0.05, 0) is 23.3 Å². The van der Waals surface area contributed by atoms with Crippen LogP contribution in [-0.2, 0) is 10.5 Å². The molecule has 1 amide bonds. The number of carboxylic acids is 1. The van der Waals surface area contributed by atoms with Gasteiger partial charge in [-0.2, -0.15) is 11.8 Å². The molecule has 0 saturated heterocycles. The molecule has 9 nitrogen and oxygen atoms in total. The first-order chi connectivity index (χ1) is 19.2. The van der Waals surface area contributed by atoms with Gasteiger partial charge in [0.1, 0.15) is 11.4 Å². The molecule has 0 radical (unpaired) electrons. The molecular formula is C28H24Cl2N4O5S. The van der Waals surface area contributed by atoms with E-state index in [0.29, 0.717) is 23.5 Å². The van der Waals surface area contributed by atoms with Gasteiger partial charge in [0.2, 0.25) is 0 Å². The highest BCUT2D eigenvalue weighted by molar-refractivity contribution is 7.98. The number of rotatable bonds is 13. The highest BCUT2D eigenvalue weighted by Gasteiger charge is 2.25. The third-order valence-corrected chi connectivity index (χ3v) is 7.52. The molecule has 4 aromatic rings. The first-order valence-corrected chi connectivity index (χ1v) is 14.0. The van der Waals surface area contributed by atoms with Crippen LogP contribution < -0.4 is 26.8 Å². The van der Waals surface area contributed by atoms with Gasteiger partial charge in [0.05, 0.1) is 28.1 Å². The zero-order valence-electron chi connectivity index (χ0n) is 20.9. The number of pyridine rings is 1. The molecule has 0 aliphatic rings. The Morgan fingerprint density at radius 3 is 2.23 bits per heavy atom. The molecule has 0 aliphatic carbocycles. The number of amides is 1. The Labute approximate surface area is 243 Å². The molecule has 0 saturated carbocycles. The van der Waals surface area contributed by atoms with Crippen molar-refractivity contribution in [1.29, 1.82) is 0 Å². The van der Waals surface area contributed by atoms with Crippen LogP contribution in [0.4, 0.5) is 17.1 Å². The molecule has 1 aromatic heterocycles. The van der Waals surface area contributed by atoms with Crippen LogP contribution in [0, 0.1) is 0 Å². The number of thioether (sulfide) groups is 1. The quantitative estimate of drug-likeness (QED) is 0.121. The molecule has 4 rings (SSSR count). The van der Waals surface area contributed by atoms with Crippen LogP contribution in [0.25, 0.3) is 0 Å². The van der Waals surface area contributed by atoms with Crippen LogP contribution in [0.2, 0.25) is 10.0 Å². The van der Waals surface area contributed by atoms with E-state index < -0.39 is 28.8 Å². The minimum absolute atomic E-state index is 0.0589. The first-order valence-electron chi connectivity index (χ1n) is 12.1. The Hall–Kier alpha value is -3.86. The fraction of sp³-hybridized carbons (Fsp3) is 0.179. The van der Waals surface area contributed by atoms with Gasteiger partial charge < -0.3 is 21.1 Å². The minimum atomic E-state index is -1.10. The summed E-state index contributed by atoms with van der Waals surface area (Å²) in [6.07, 6.45) is 2.27. The molecule has 0 fully saturated rings. The lowest BCUT2D eigenvalue weighted by molar-refractivity contribution is -0.137. The van der Waals surface area contributed by atoms with Crippen LogP contribution in [0.15, 0.2) is 76.6 Å². The molecule has 206 valence electrons. The van der Waals surface area contributed by atoms with Gasteiger partial charge in [-0.1, -0.05) is 65.7 Å². The van der Waals surface area contributed by atoms with Crippen molar-refractivity contribution < 1.29 is 14.7 Å². The average Bonchev–Trinajstić information content (AvgIpc) is 2.94. The minimum Gasteiger partial charge on any atom is -0.481 e. The van der Waals surface area contributed by atoms with Crippen LogP contribution in [0.3, 0.4) is 0 Å². The van der Waals surface area contributed by atoms with Crippen molar-refractivity contribution in [3.63, 3.8) is 0 Å². The maximum atomic E-state index is 12.6. The molecule has 3 aromatic carbocycles. The standard InChI is InChI=1S/C28H24Cl2N4O5S/c29-19-13-31-14-20(30)23(19)28(39)33-18-8-6-17(7-9-18)21(12-22(35)36)34-25-24(26(37)27(25)38)32-10-11-40-15-16-4-2-1-3-5-16/h1-9,13-14,21,32,34H,10-12,15H2,(H,33,39)(H,35,36)/t21-/m0/s1. The molecule has 1 atom stereocenters. The zero-order valence-corrected chi connectivity index (χ0v) is 23.3. The van der Waals surface area contributed by atoms with Gasteiger partial charge in [-0.15, -0.1) is 0 Å². The number of carbonyl (C=O) groups is 2. The third kappa shape index (κ3) is 7.20. The summed E-state index contributed by atoms with van der Waals surface area (Å²) in [5.41, 5.74) is 1.08.